The van der Waals surface area contributed by atoms with E-state index in [9.17, 15) is 23.4 Å². The summed E-state index contributed by atoms with van der Waals surface area (Å²) >= 11 is 0. The van der Waals surface area contributed by atoms with E-state index in [0.29, 0.717) is 24.2 Å². The number of carboxylic acids is 1. The van der Waals surface area contributed by atoms with E-state index in [-0.39, 0.29) is 29.7 Å². The number of pyridine rings is 1. The number of hydrogen-bond acceptors (Lipinski definition) is 8. The van der Waals surface area contributed by atoms with Crippen molar-refractivity contribution in [2.75, 3.05) is 29.9 Å². The zero-order valence-corrected chi connectivity index (χ0v) is 23.8. The Morgan fingerprint density at radius 2 is 1.85 bits per heavy atom. The number of aromatic carboxylic acids is 1. The molecular formula is C29H32N6O5S. The lowest BCUT2D eigenvalue weighted by molar-refractivity contribution is 0.0686. The average molecular weight is 577 g/mol. The molecule has 2 unspecified atom stereocenters. The Morgan fingerprint density at radius 1 is 1.17 bits per heavy atom. The molecule has 11 nitrogen and oxygen atoms in total. The van der Waals surface area contributed by atoms with Gasteiger partial charge in [0, 0.05) is 48.8 Å². The zero-order chi connectivity index (χ0) is 29.9. The van der Waals surface area contributed by atoms with Gasteiger partial charge in [0.2, 0.25) is 10.0 Å². The van der Waals surface area contributed by atoms with Crippen LogP contribution in [0.2, 0.25) is 0 Å². The monoisotopic (exact) mass is 576 g/mol. The summed E-state index contributed by atoms with van der Waals surface area (Å²) < 4.78 is 26.5. The first kappa shape index (κ1) is 29.5. The first-order chi connectivity index (χ1) is 19.4. The predicted octanol–water partition coefficient (Wildman–Crippen LogP) is 2.89. The van der Waals surface area contributed by atoms with Crippen LogP contribution in [0.25, 0.3) is 10.9 Å². The second-order valence-corrected chi connectivity index (χ2v) is 12.1. The molecule has 0 aliphatic carbocycles. The van der Waals surface area contributed by atoms with Crippen LogP contribution < -0.4 is 15.4 Å². The van der Waals surface area contributed by atoms with Gasteiger partial charge in [0.25, 0.3) is 0 Å². The quantitative estimate of drug-likeness (QED) is 0.209. The Morgan fingerprint density at radius 3 is 2.49 bits per heavy atom. The van der Waals surface area contributed by atoms with Crippen molar-refractivity contribution in [3.63, 3.8) is 0 Å². The van der Waals surface area contributed by atoms with Crippen LogP contribution in [0.5, 0.6) is 0 Å². The van der Waals surface area contributed by atoms with Gasteiger partial charge in [0.05, 0.1) is 23.6 Å². The first-order valence-corrected chi connectivity index (χ1v) is 14.7. The van der Waals surface area contributed by atoms with Gasteiger partial charge in [-0.2, -0.15) is 5.26 Å². The molecule has 0 saturated heterocycles. The van der Waals surface area contributed by atoms with Gasteiger partial charge >= 0.3 is 5.97 Å². The fourth-order valence-corrected chi connectivity index (χ4v) is 5.10. The van der Waals surface area contributed by atoms with Crippen molar-refractivity contribution in [3.8, 4) is 6.07 Å². The maximum absolute atomic E-state index is 12.1. The third-order valence-electron chi connectivity index (χ3n) is 6.97. The molecule has 0 spiro atoms. The number of benzene rings is 2. The van der Waals surface area contributed by atoms with E-state index in [1.54, 1.807) is 34.9 Å². The van der Waals surface area contributed by atoms with Gasteiger partial charge in [-0.25, -0.2) is 18.2 Å². The number of carbonyl (C=O) groups is 1. The number of nitrogen functional groups attached to an aromatic ring is 1. The van der Waals surface area contributed by atoms with E-state index >= 15 is 0 Å². The molecule has 2 aromatic heterocycles. The molecule has 0 saturated carbocycles. The Balaban J connectivity index is 1.47. The lowest BCUT2D eigenvalue weighted by Gasteiger charge is -2.18. The van der Waals surface area contributed by atoms with Gasteiger partial charge < -0.3 is 25.8 Å². The van der Waals surface area contributed by atoms with E-state index in [0.717, 1.165) is 28.3 Å². The van der Waals surface area contributed by atoms with E-state index in [1.165, 1.54) is 23.6 Å². The summed E-state index contributed by atoms with van der Waals surface area (Å²) in [5, 5.41) is 33.6. The average Bonchev–Trinajstić information content (AvgIpc) is 3.29. The molecule has 41 heavy (non-hydrogen) atoms. The van der Waals surface area contributed by atoms with Crippen LogP contribution >= 0.6 is 0 Å². The number of aliphatic hydroxyl groups excluding tert-OH is 1. The van der Waals surface area contributed by atoms with E-state index in [2.05, 4.69) is 10.3 Å². The number of aromatic nitrogens is 2. The second-order valence-electron chi connectivity index (χ2n) is 10.1. The minimum absolute atomic E-state index is 0.0103. The van der Waals surface area contributed by atoms with Crippen molar-refractivity contribution in [3.05, 3.63) is 88.7 Å². The smallest absolute Gasteiger partial charge is 0.352 e. The molecule has 0 bridgehead atoms. The topological polar surface area (TPSA) is 175 Å². The number of carboxylic acid groups (broad SMARTS) is 1. The minimum Gasteiger partial charge on any atom is -0.477 e. The lowest BCUT2D eigenvalue weighted by atomic mass is 10.0. The number of hydrogen-bond donors (Lipinski definition) is 4. The third-order valence-corrected chi connectivity index (χ3v) is 8.18. The standard InChI is InChI=1S/C29H32N6O5S/c1-18(32-16-27(36)23-12-22(14-30)28(31)33-15-23)10-20-6-9-25-21(11-20)13-26(29(37)38)35(25)17-19-4-7-24(8-5-19)34(2)41(3,39)40/h4-9,11-13,15,18,27,32,36H,10,16-17H2,1-3H3,(H2,31,33)(H,37,38). The molecule has 0 radical (unpaired) electrons. The number of anilines is 2. The van der Waals surface area contributed by atoms with Gasteiger partial charge in [-0.1, -0.05) is 18.2 Å². The Labute approximate surface area is 238 Å². The van der Waals surface area contributed by atoms with Gasteiger partial charge in [0.15, 0.2) is 0 Å². The van der Waals surface area contributed by atoms with E-state index in [4.69, 9.17) is 11.0 Å². The molecule has 12 heteroatoms. The number of aliphatic hydroxyl groups is 1. The fourth-order valence-electron chi connectivity index (χ4n) is 4.60. The molecule has 0 aliphatic rings. The van der Waals surface area contributed by atoms with Gasteiger partial charge in [0.1, 0.15) is 17.6 Å². The summed E-state index contributed by atoms with van der Waals surface area (Å²) in [6.07, 6.45) is 2.35. The Hall–Kier alpha value is -4.44. The highest BCUT2D eigenvalue weighted by atomic mass is 32.2. The molecular weight excluding hydrogens is 544 g/mol. The summed E-state index contributed by atoms with van der Waals surface area (Å²) in [5.74, 6) is -0.924. The van der Waals surface area contributed by atoms with Crippen LogP contribution in [-0.4, -0.2) is 60.0 Å². The molecule has 2 aromatic carbocycles. The number of fused-ring (bicyclic) bond motifs is 1. The molecule has 0 fully saturated rings. The fraction of sp³-hybridized carbons (Fsp3) is 0.276. The summed E-state index contributed by atoms with van der Waals surface area (Å²) in [5.41, 5.74) is 9.63. The van der Waals surface area contributed by atoms with Crippen LogP contribution in [-0.2, 0) is 23.0 Å². The minimum atomic E-state index is -3.39. The number of sulfonamides is 1. The lowest BCUT2D eigenvalue weighted by Crippen LogP contribution is -2.32. The Bertz CT molecular complexity index is 1730. The molecule has 4 rings (SSSR count). The number of nitrogens with zero attached hydrogens (tertiary/aromatic N) is 4. The number of rotatable bonds is 11. The second kappa shape index (κ2) is 12.0. The Kier molecular flexibility index (Phi) is 8.63. The van der Waals surface area contributed by atoms with Crippen LogP contribution in [0.3, 0.4) is 0 Å². The van der Waals surface area contributed by atoms with Crippen molar-refractivity contribution in [2.24, 2.45) is 0 Å². The highest BCUT2D eigenvalue weighted by molar-refractivity contribution is 7.92. The maximum Gasteiger partial charge on any atom is 0.352 e. The molecule has 4 aromatic rings. The van der Waals surface area contributed by atoms with Crippen molar-refractivity contribution in [2.45, 2.75) is 32.0 Å². The van der Waals surface area contributed by atoms with E-state index in [1.807, 2.05) is 31.2 Å². The largest absolute Gasteiger partial charge is 0.477 e. The van der Waals surface area contributed by atoms with Crippen LogP contribution in [0, 0.1) is 11.3 Å². The first-order valence-electron chi connectivity index (χ1n) is 12.8. The van der Waals surface area contributed by atoms with Crippen LogP contribution in [0.15, 0.2) is 60.8 Å². The normalized spacial score (nSPS) is 13.0. The van der Waals surface area contributed by atoms with Crippen molar-refractivity contribution < 1.29 is 23.4 Å². The predicted molar refractivity (Wildman–Crippen MR) is 157 cm³/mol. The summed E-state index contributed by atoms with van der Waals surface area (Å²) in [4.78, 5) is 16.0. The van der Waals surface area contributed by atoms with Crippen LogP contribution in [0.1, 0.15) is 45.8 Å². The number of nitriles is 1. The highest BCUT2D eigenvalue weighted by Gasteiger charge is 2.18. The maximum atomic E-state index is 12.1. The van der Waals surface area contributed by atoms with Gasteiger partial charge in [-0.15, -0.1) is 0 Å². The molecule has 0 aliphatic heterocycles. The van der Waals surface area contributed by atoms with E-state index < -0.39 is 22.1 Å². The van der Waals surface area contributed by atoms with Crippen molar-refractivity contribution in [1.82, 2.24) is 14.9 Å². The van der Waals surface area contributed by atoms with Crippen molar-refractivity contribution >= 4 is 38.4 Å². The molecule has 5 N–H and O–H groups in total. The highest BCUT2D eigenvalue weighted by Crippen LogP contribution is 2.25. The molecule has 2 atom stereocenters. The SMILES string of the molecule is CC(Cc1ccc2c(c1)cc(C(=O)O)n2Cc1ccc(N(C)S(C)(=O)=O)cc1)NCC(O)c1cnc(N)c(C#N)c1. The number of nitrogens with two attached hydrogens (primary N) is 1. The number of nitrogens with one attached hydrogen (secondary N) is 1. The summed E-state index contributed by atoms with van der Waals surface area (Å²) in [6, 6.07) is 17.9. The molecule has 2 heterocycles. The molecule has 0 amide bonds. The molecule has 214 valence electrons. The zero-order valence-electron chi connectivity index (χ0n) is 22.9. The summed E-state index contributed by atoms with van der Waals surface area (Å²) in [6.45, 7) is 2.53. The third kappa shape index (κ3) is 6.83. The van der Waals surface area contributed by atoms with Gasteiger partial charge in [-0.3, -0.25) is 4.31 Å². The summed E-state index contributed by atoms with van der Waals surface area (Å²) in [7, 11) is -1.91. The van der Waals surface area contributed by atoms with Crippen molar-refractivity contribution in [1.29, 1.82) is 5.26 Å². The van der Waals surface area contributed by atoms with Gasteiger partial charge in [-0.05, 0) is 60.9 Å². The van der Waals surface area contributed by atoms with Crippen LogP contribution in [0.4, 0.5) is 11.5 Å².